The van der Waals surface area contributed by atoms with E-state index in [-0.39, 0.29) is 22.8 Å². The van der Waals surface area contributed by atoms with Crippen molar-refractivity contribution < 1.29 is 14.0 Å². The van der Waals surface area contributed by atoms with Gasteiger partial charge in [-0.1, -0.05) is 0 Å². The average molecular weight is 383 g/mol. The number of hydrogen-bond acceptors (Lipinski definition) is 6. The van der Waals surface area contributed by atoms with Gasteiger partial charge in [-0.3, -0.25) is 9.59 Å². The lowest BCUT2D eigenvalue weighted by atomic mass is 10.2. The van der Waals surface area contributed by atoms with E-state index in [1.807, 2.05) is 5.38 Å². The fourth-order valence-corrected chi connectivity index (χ4v) is 3.53. The van der Waals surface area contributed by atoms with Gasteiger partial charge in [0.1, 0.15) is 0 Å². The first-order valence-electron chi connectivity index (χ1n) is 8.05. The Labute approximate surface area is 154 Å². The molecule has 0 spiro atoms. The molecular weight excluding hydrogens is 364 g/mol. The number of carbonyl (C=O) groups excluding carboxylic acids is 2. The highest BCUT2D eigenvalue weighted by Crippen LogP contribution is 2.17. The zero-order valence-electron chi connectivity index (χ0n) is 13.6. The Kier molecular flexibility index (Phi) is 5.60. The molecule has 25 heavy (non-hydrogen) atoms. The smallest absolute Gasteiger partial charge is 0.289 e. The third-order valence-corrected chi connectivity index (χ3v) is 5.01. The van der Waals surface area contributed by atoms with E-state index < -0.39 is 0 Å². The minimum Gasteiger partial charge on any atom is -0.440 e. The van der Waals surface area contributed by atoms with Crippen molar-refractivity contribution in [2.45, 2.75) is 19.3 Å². The summed E-state index contributed by atoms with van der Waals surface area (Å²) in [5.41, 5.74) is 6.44. The summed E-state index contributed by atoms with van der Waals surface area (Å²) in [6, 6.07) is 3.12. The van der Waals surface area contributed by atoms with E-state index in [1.165, 1.54) is 11.3 Å². The van der Waals surface area contributed by atoms with Crippen molar-refractivity contribution in [3.05, 3.63) is 34.2 Å². The Balaban J connectivity index is 1.52. The van der Waals surface area contributed by atoms with Crippen LogP contribution < -0.4 is 5.73 Å². The van der Waals surface area contributed by atoms with Crippen LogP contribution in [-0.2, 0) is 11.2 Å². The molecule has 9 heteroatoms. The maximum Gasteiger partial charge on any atom is 0.289 e. The number of furan rings is 1. The predicted octanol–water partition coefficient (Wildman–Crippen LogP) is 2.28. The minimum atomic E-state index is -0.195. The molecule has 1 aliphatic heterocycles. The van der Waals surface area contributed by atoms with Crippen molar-refractivity contribution in [2.24, 2.45) is 0 Å². The summed E-state index contributed by atoms with van der Waals surface area (Å²) in [7, 11) is 0. The van der Waals surface area contributed by atoms with Crippen LogP contribution in [0.15, 0.2) is 21.9 Å². The van der Waals surface area contributed by atoms with Crippen molar-refractivity contribution in [3.8, 4) is 0 Å². The van der Waals surface area contributed by atoms with Crippen LogP contribution >= 0.6 is 22.9 Å². The van der Waals surface area contributed by atoms with Gasteiger partial charge in [-0.15, -0.1) is 11.3 Å². The van der Waals surface area contributed by atoms with Crippen LogP contribution in [0.2, 0.25) is 5.22 Å². The Bertz CT molecular complexity index is 760. The normalized spacial score (nSPS) is 15.2. The molecule has 0 aromatic carbocycles. The van der Waals surface area contributed by atoms with Crippen LogP contribution in [0.1, 0.15) is 29.1 Å². The van der Waals surface area contributed by atoms with E-state index in [0.29, 0.717) is 44.2 Å². The topological polar surface area (TPSA) is 92.7 Å². The molecule has 1 saturated heterocycles. The van der Waals surface area contributed by atoms with Crippen molar-refractivity contribution >= 4 is 39.9 Å². The van der Waals surface area contributed by atoms with Gasteiger partial charge >= 0.3 is 0 Å². The Hall–Kier alpha value is -2.06. The number of thiazole rings is 1. The second-order valence-corrected chi connectivity index (χ2v) is 7.07. The molecule has 2 aromatic heterocycles. The summed E-state index contributed by atoms with van der Waals surface area (Å²) in [4.78, 5) is 32.5. The molecule has 0 saturated carbocycles. The predicted molar refractivity (Wildman–Crippen MR) is 95.7 cm³/mol. The van der Waals surface area contributed by atoms with E-state index in [4.69, 9.17) is 21.8 Å². The first-order chi connectivity index (χ1) is 12.0. The van der Waals surface area contributed by atoms with Crippen molar-refractivity contribution in [1.82, 2.24) is 14.8 Å². The van der Waals surface area contributed by atoms with E-state index in [2.05, 4.69) is 4.98 Å². The number of nitrogens with zero attached hydrogens (tertiary/aromatic N) is 3. The molecule has 0 aliphatic carbocycles. The van der Waals surface area contributed by atoms with Gasteiger partial charge in [0.05, 0.1) is 5.69 Å². The van der Waals surface area contributed by atoms with Gasteiger partial charge in [0.2, 0.25) is 5.91 Å². The lowest BCUT2D eigenvalue weighted by Crippen LogP contribution is -2.37. The first-order valence-corrected chi connectivity index (χ1v) is 9.31. The van der Waals surface area contributed by atoms with Gasteiger partial charge in [0.15, 0.2) is 16.1 Å². The zero-order chi connectivity index (χ0) is 17.8. The van der Waals surface area contributed by atoms with Gasteiger partial charge in [-0.2, -0.15) is 0 Å². The number of carbonyl (C=O) groups is 2. The first kappa shape index (κ1) is 17.8. The van der Waals surface area contributed by atoms with Crippen LogP contribution in [0.3, 0.4) is 0 Å². The van der Waals surface area contributed by atoms with E-state index >= 15 is 0 Å². The van der Waals surface area contributed by atoms with Gasteiger partial charge < -0.3 is 20.0 Å². The number of aromatic nitrogens is 1. The Morgan fingerprint density at radius 3 is 2.68 bits per heavy atom. The average Bonchev–Trinajstić information content (AvgIpc) is 3.12. The highest BCUT2D eigenvalue weighted by Gasteiger charge is 2.24. The molecule has 0 radical (unpaired) electrons. The van der Waals surface area contributed by atoms with Crippen LogP contribution in [-0.4, -0.2) is 52.8 Å². The third-order valence-electron chi connectivity index (χ3n) is 4.08. The fraction of sp³-hybridized carbons (Fsp3) is 0.438. The SMILES string of the molecule is Nc1nc(CCC(=O)N2CCCN(C(=O)c3ccc(Cl)o3)CC2)cs1. The quantitative estimate of drug-likeness (QED) is 0.875. The van der Waals surface area contributed by atoms with E-state index in [1.54, 1.807) is 21.9 Å². The van der Waals surface area contributed by atoms with Crippen molar-refractivity contribution in [1.29, 1.82) is 0 Å². The minimum absolute atomic E-state index is 0.0712. The van der Waals surface area contributed by atoms with E-state index in [9.17, 15) is 9.59 Å². The second-order valence-electron chi connectivity index (χ2n) is 5.81. The molecule has 2 aromatic rings. The summed E-state index contributed by atoms with van der Waals surface area (Å²) in [5.74, 6) is 0.104. The highest BCUT2D eigenvalue weighted by atomic mass is 35.5. The van der Waals surface area contributed by atoms with Gasteiger partial charge in [0, 0.05) is 38.0 Å². The number of hydrogen-bond donors (Lipinski definition) is 1. The molecule has 7 nitrogen and oxygen atoms in total. The standard InChI is InChI=1S/C16H19ClN4O3S/c17-13-4-3-12(24-13)15(23)21-7-1-6-20(8-9-21)14(22)5-2-11-10-25-16(18)19-11/h3-4,10H,1-2,5-9H2,(H2,18,19). The van der Waals surface area contributed by atoms with Gasteiger partial charge in [-0.25, -0.2) is 4.98 Å². The zero-order valence-corrected chi connectivity index (χ0v) is 15.2. The number of nitrogen functional groups attached to an aromatic ring is 1. The highest BCUT2D eigenvalue weighted by molar-refractivity contribution is 7.13. The number of aryl methyl sites for hydroxylation is 1. The summed E-state index contributed by atoms with van der Waals surface area (Å²) >= 11 is 7.10. The van der Waals surface area contributed by atoms with Crippen LogP contribution in [0.5, 0.6) is 0 Å². The third kappa shape index (κ3) is 4.52. The lowest BCUT2D eigenvalue weighted by molar-refractivity contribution is -0.131. The second kappa shape index (κ2) is 7.88. The van der Waals surface area contributed by atoms with E-state index in [0.717, 1.165) is 12.1 Å². The molecule has 1 fully saturated rings. The maximum absolute atomic E-state index is 12.4. The van der Waals surface area contributed by atoms with Gasteiger partial charge in [-0.05, 0) is 36.6 Å². The Morgan fingerprint density at radius 1 is 1.24 bits per heavy atom. The molecule has 134 valence electrons. The molecule has 1 aliphatic rings. The summed E-state index contributed by atoms with van der Waals surface area (Å²) in [6.07, 6.45) is 1.71. The molecule has 2 N–H and O–H groups in total. The van der Waals surface area contributed by atoms with Crippen molar-refractivity contribution in [2.75, 3.05) is 31.9 Å². The van der Waals surface area contributed by atoms with Crippen LogP contribution in [0.25, 0.3) is 0 Å². The molecule has 0 unspecified atom stereocenters. The summed E-state index contributed by atoms with van der Waals surface area (Å²) in [5, 5.41) is 2.59. The molecule has 0 bridgehead atoms. The number of halogens is 1. The number of amides is 2. The van der Waals surface area contributed by atoms with Crippen molar-refractivity contribution in [3.63, 3.8) is 0 Å². The number of rotatable bonds is 4. The molecule has 0 atom stereocenters. The summed E-state index contributed by atoms with van der Waals surface area (Å²) < 4.78 is 5.18. The molecule has 3 heterocycles. The largest absolute Gasteiger partial charge is 0.440 e. The van der Waals surface area contributed by atoms with Crippen LogP contribution in [0.4, 0.5) is 5.13 Å². The maximum atomic E-state index is 12.4. The molecule has 3 rings (SSSR count). The Morgan fingerprint density at radius 2 is 2.00 bits per heavy atom. The van der Waals surface area contributed by atoms with Crippen LogP contribution in [0, 0.1) is 0 Å². The number of nitrogens with two attached hydrogens (primary N) is 1. The molecular formula is C16H19ClN4O3S. The monoisotopic (exact) mass is 382 g/mol. The lowest BCUT2D eigenvalue weighted by Gasteiger charge is -2.21. The number of anilines is 1. The van der Waals surface area contributed by atoms with Gasteiger partial charge in [0.25, 0.3) is 5.91 Å². The fourth-order valence-electron chi connectivity index (χ4n) is 2.79. The molecule has 2 amide bonds. The summed E-state index contributed by atoms with van der Waals surface area (Å²) in [6.45, 7) is 2.22.